The Labute approximate surface area is 192 Å². The standard InChI is InChI=1S/C22H23N5OS3/c1-3-7-27-20(18-11-15-10-14(4-2)5-6-17(15)31-18)24-25-22(27)30-13-16-12-19(28)26-8-9-29-21(26)23-16/h3,8-9,11-12,14H,1,4-7,10,13H2,2H3. The van der Waals surface area contributed by atoms with Crippen molar-refractivity contribution < 1.29 is 0 Å². The van der Waals surface area contributed by atoms with Gasteiger partial charge in [-0.1, -0.05) is 31.2 Å². The van der Waals surface area contributed by atoms with E-state index >= 15 is 0 Å². The van der Waals surface area contributed by atoms with Gasteiger partial charge in [0.15, 0.2) is 15.9 Å². The van der Waals surface area contributed by atoms with Crippen LogP contribution in [0.1, 0.15) is 35.9 Å². The summed E-state index contributed by atoms with van der Waals surface area (Å²) in [5.41, 5.74) is 2.18. The molecule has 1 unspecified atom stereocenters. The minimum absolute atomic E-state index is 0.0513. The summed E-state index contributed by atoms with van der Waals surface area (Å²) in [5.74, 6) is 2.26. The SMILES string of the molecule is C=CCn1c(SCc2cc(=O)n3ccsc3n2)nnc1-c1cc2c(s1)CCC(CC)C2. The van der Waals surface area contributed by atoms with Crippen LogP contribution in [0.2, 0.25) is 0 Å². The molecule has 0 N–H and O–H groups in total. The van der Waals surface area contributed by atoms with E-state index in [-0.39, 0.29) is 5.56 Å². The van der Waals surface area contributed by atoms with Gasteiger partial charge in [-0.15, -0.1) is 39.4 Å². The molecule has 0 bridgehead atoms. The van der Waals surface area contributed by atoms with Crippen molar-refractivity contribution in [3.8, 4) is 10.7 Å². The first-order valence-electron chi connectivity index (χ1n) is 10.4. The molecule has 4 aromatic rings. The summed E-state index contributed by atoms with van der Waals surface area (Å²) >= 11 is 4.87. The second-order valence-corrected chi connectivity index (χ2v) is 10.7. The van der Waals surface area contributed by atoms with Gasteiger partial charge in [-0.2, -0.15) is 0 Å². The lowest BCUT2D eigenvalue weighted by molar-refractivity contribution is 0.449. The molecule has 31 heavy (non-hydrogen) atoms. The van der Waals surface area contributed by atoms with Crippen molar-refractivity contribution >= 4 is 39.4 Å². The Balaban J connectivity index is 1.41. The van der Waals surface area contributed by atoms with Gasteiger partial charge in [0, 0.05) is 34.8 Å². The molecule has 0 aliphatic heterocycles. The fourth-order valence-electron chi connectivity index (χ4n) is 4.03. The third-order valence-electron chi connectivity index (χ3n) is 5.72. The molecule has 5 rings (SSSR count). The third kappa shape index (κ3) is 4.02. The molecule has 0 spiro atoms. The van der Waals surface area contributed by atoms with Crippen molar-refractivity contribution in [1.82, 2.24) is 24.1 Å². The molecule has 9 heteroatoms. The molecule has 0 saturated carbocycles. The lowest BCUT2D eigenvalue weighted by Gasteiger charge is -2.19. The maximum Gasteiger partial charge on any atom is 0.258 e. The molecule has 0 saturated heterocycles. The zero-order valence-electron chi connectivity index (χ0n) is 17.3. The fraction of sp³-hybridized carbons (Fsp3) is 0.364. The molecular formula is C22H23N5OS3. The van der Waals surface area contributed by atoms with Crippen molar-refractivity contribution in [1.29, 1.82) is 0 Å². The molecule has 4 aromatic heterocycles. The van der Waals surface area contributed by atoms with E-state index in [1.165, 1.54) is 52.3 Å². The largest absolute Gasteiger partial charge is 0.297 e. The number of thiophene rings is 1. The average molecular weight is 470 g/mol. The monoisotopic (exact) mass is 469 g/mol. The Morgan fingerprint density at radius 1 is 1.35 bits per heavy atom. The van der Waals surface area contributed by atoms with Crippen LogP contribution in [0.5, 0.6) is 0 Å². The number of allylic oxidation sites excluding steroid dienone is 1. The molecular weight excluding hydrogens is 446 g/mol. The second kappa shape index (κ2) is 8.72. The fourth-order valence-corrected chi connectivity index (χ4v) is 6.81. The van der Waals surface area contributed by atoms with Crippen molar-refractivity contribution in [3.63, 3.8) is 0 Å². The normalized spacial score (nSPS) is 16.0. The Kier molecular flexibility index (Phi) is 5.81. The van der Waals surface area contributed by atoms with Gasteiger partial charge in [-0.3, -0.25) is 13.8 Å². The van der Waals surface area contributed by atoms with Gasteiger partial charge in [0.25, 0.3) is 5.56 Å². The van der Waals surface area contributed by atoms with Crippen LogP contribution >= 0.6 is 34.4 Å². The van der Waals surface area contributed by atoms with Crippen LogP contribution < -0.4 is 5.56 Å². The molecule has 160 valence electrons. The van der Waals surface area contributed by atoms with Crippen LogP contribution in [0, 0.1) is 5.92 Å². The van der Waals surface area contributed by atoms with Gasteiger partial charge in [0.05, 0.1) is 10.6 Å². The van der Waals surface area contributed by atoms with E-state index in [2.05, 4.69) is 39.3 Å². The molecule has 4 heterocycles. The third-order valence-corrected chi connectivity index (χ3v) is 8.71. The van der Waals surface area contributed by atoms with Crippen molar-refractivity contribution in [2.75, 3.05) is 0 Å². The number of thioether (sulfide) groups is 1. The number of nitrogens with zero attached hydrogens (tertiary/aromatic N) is 5. The highest BCUT2D eigenvalue weighted by molar-refractivity contribution is 7.98. The number of fused-ring (bicyclic) bond motifs is 2. The van der Waals surface area contributed by atoms with Crippen molar-refractivity contribution in [2.24, 2.45) is 5.92 Å². The van der Waals surface area contributed by atoms with Crippen LogP contribution in [0.25, 0.3) is 15.7 Å². The molecule has 0 amide bonds. The smallest absolute Gasteiger partial charge is 0.258 e. The second-order valence-electron chi connectivity index (χ2n) is 7.71. The van der Waals surface area contributed by atoms with E-state index < -0.39 is 0 Å². The van der Waals surface area contributed by atoms with Gasteiger partial charge in [-0.05, 0) is 36.8 Å². The maximum atomic E-state index is 12.2. The molecule has 0 radical (unpaired) electrons. The highest BCUT2D eigenvalue weighted by atomic mass is 32.2. The Bertz CT molecular complexity index is 1300. The van der Waals surface area contributed by atoms with Gasteiger partial charge >= 0.3 is 0 Å². The lowest BCUT2D eigenvalue weighted by atomic mass is 9.87. The van der Waals surface area contributed by atoms with E-state index in [4.69, 9.17) is 0 Å². The predicted molar refractivity (Wildman–Crippen MR) is 128 cm³/mol. The van der Waals surface area contributed by atoms with E-state index in [0.717, 1.165) is 22.6 Å². The maximum absolute atomic E-state index is 12.2. The quantitative estimate of drug-likeness (QED) is 0.279. The topological polar surface area (TPSA) is 65.1 Å². The first-order valence-corrected chi connectivity index (χ1v) is 13.1. The van der Waals surface area contributed by atoms with Crippen LogP contribution in [0.3, 0.4) is 0 Å². The summed E-state index contributed by atoms with van der Waals surface area (Å²) in [6.45, 7) is 6.85. The van der Waals surface area contributed by atoms with Gasteiger partial charge in [0.1, 0.15) is 0 Å². The summed E-state index contributed by atoms with van der Waals surface area (Å²) in [6.07, 6.45) is 8.49. The van der Waals surface area contributed by atoms with E-state index in [1.54, 1.807) is 28.4 Å². The Morgan fingerprint density at radius 3 is 3.10 bits per heavy atom. The van der Waals surface area contributed by atoms with Crippen molar-refractivity contribution in [2.45, 2.75) is 50.1 Å². The number of thiazole rings is 1. The van der Waals surface area contributed by atoms with Crippen LogP contribution in [0.4, 0.5) is 0 Å². The van der Waals surface area contributed by atoms with Gasteiger partial charge < -0.3 is 0 Å². The molecule has 0 fully saturated rings. The number of hydrogen-bond donors (Lipinski definition) is 0. The Hall–Kier alpha value is -2.23. The average Bonchev–Trinajstić information content (AvgIpc) is 3.50. The lowest BCUT2D eigenvalue weighted by Crippen LogP contribution is -2.12. The van der Waals surface area contributed by atoms with E-state index in [0.29, 0.717) is 17.3 Å². The molecule has 0 aromatic carbocycles. The summed E-state index contributed by atoms with van der Waals surface area (Å²) in [6, 6.07) is 3.91. The van der Waals surface area contributed by atoms with Crippen LogP contribution in [-0.4, -0.2) is 24.1 Å². The predicted octanol–water partition coefficient (Wildman–Crippen LogP) is 5.07. The first-order chi connectivity index (χ1) is 15.2. The minimum Gasteiger partial charge on any atom is -0.297 e. The van der Waals surface area contributed by atoms with Crippen molar-refractivity contribution in [3.05, 3.63) is 62.9 Å². The number of aryl methyl sites for hydroxylation is 1. The zero-order chi connectivity index (χ0) is 21.4. The summed E-state index contributed by atoms with van der Waals surface area (Å²) in [4.78, 5) is 20.2. The van der Waals surface area contributed by atoms with Gasteiger partial charge in [-0.25, -0.2) is 4.98 Å². The van der Waals surface area contributed by atoms with Crippen LogP contribution in [0.15, 0.2) is 46.3 Å². The highest BCUT2D eigenvalue weighted by Gasteiger charge is 2.23. The zero-order valence-corrected chi connectivity index (χ0v) is 19.7. The highest BCUT2D eigenvalue weighted by Crippen LogP contribution is 2.38. The summed E-state index contributed by atoms with van der Waals surface area (Å²) in [7, 11) is 0. The first kappa shape index (κ1) is 20.7. The molecule has 6 nitrogen and oxygen atoms in total. The van der Waals surface area contributed by atoms with Gasteiger partial charge in [0.2, 0.25) is 0 Å². The van der Waals surface area contributed by atoms with Crippen LogP contribution in [-0.2, 0) is 25.1 Å². The molecule has 1 atom stereocenters. The molecule has 1 aliphatic rings. The number of aromatic nitrogens is 5. The number of hydrogen-bond acceptors (Lipinski definition) is 7. The Morgan fingerprint density at radius 2 is 2.26 bits per heavy atom. The minimum atomic E-state index is -0.0513. The summed E-state index contributed by atoms with van der Waals surface area (Å²) in [5, 5.41) is 11.7. The van der Waals surface area contributed by atoms with E-state index in [1.807, 2.05) is 22.8 Å². The van der Waals surface area contributed by atoms with E-state index in [9.17, 15) is 4.79 Å². The summed E-state index contributed by atoms with van der Waals surface area (Å²) < 4.78 is 3.68. The molecule has 1 aliphatic carbocycles. The number of rotatable bonds is 7.